The number of carbonyl (C=O) groups excluding carboxylic acids is 2. The number of rotatable bonds is 5. The molecule has 6 heteroatoms. The third-order valence-electron chi connectivity index (χ3n) is 5.70. The van der Waals surface area contributed by atoms with Crippen LogP contribution in [0.5, 0.6) is 0 Å². The third-order valence-corrected chi connectivity index (χ3v) is 5.70. The van der Waals surface area contributed by atoms with Gasteiger partial charge in [0.2, 0.25) is 11.8 Å². The van der Waals surface area contributed by atoms with Crippen LogP contribution in [-0.4, -0.2) is 59.2 Å². The first kappa shape index (κ1) is 18.7. The van der Waals surface area contributed by atoms with E-state index in [0.29, 0.717) is 19.5 Å². The Balaban J connectivity index is 1.27. The number of nitrogens with zero attached hydrogens (tertiary/aromatic N) is 3. The van der Waals surface area contributed by atoms with Crippen molar-refractivity contribution >= 4 is 11.8 Å². The molecule has 2 aromatic rings. The molecule has 0 radical (unpaired) electrons. The Bertz CT molecular complexity index is 808. The van der Waals surface area contributed by atoms with Gasteiger partial charge in [-0.15, -0.1) is 0 Å². The zero-order valence-corrected chi connectivity index (χ0v) is 16.3. The van der Waals surface area contributed by atoms with Gasteiger partial charge in [0.25, 0.3) is 0 Å². The summed E-state index contributed by atoms with van der Waals surface area (Å²) in [4.78, 5) is 31.2. The maximum absolute atomic E-state index is 12.9. The van der Waals surface area contributed by atoms with Gasteiger partial charge in [-0.3, -0.25) is 14.5 Å². The highest BCUT2D eigenvalue weighted by Crippen LogP contribution is 2.23. The number of hydrogen-bond donors (Lipinski definition) is 0. The molecule has 4 rings (SSSR count). The standard InChI is InChI=1S/C22H27N3O3/c1-17-4-6-18(7-5-17)14-23-8-10-24(11-9-23)22(27)19-13-21(26)25(15-19)16-20-3-2-12-28-20/h2-7,12,19H,8-11,13-16H2,1H3. The van der Waals surface area contributed by atoms with Gasteiger partial charge in [0.15, 0.2) is 0 Å². The van der Waals surface area contributed by atoms with Crippen LogP contribution in [0.15, 0.2) is 47.1 Å². The van der Waals surface area contributed by atoms with Gasteiger partial charge in [-0.1, -0.05) is 29.8 Å². The van der Waals surface area contributed by atoms with Gasteiger partial charge in [0, 0.05) is 45.7 Å². The van der Waals surface area contributed by atoms with Crippen LogP contribution in [0.3, 0.4) is 0 Å². The third kappa shape index (κ3) is 4.28. The van der Waals surface area contributed by atoms with E-state index in [0.717, 1.165) is 38.5 Å². The second kappa shape index (κ2) is 8.19. The zero-order chi connectivity index (χ0) is 19.5. The summed E-state index contributed by atoms with van der Waals surface area (Å²) in [5.41, 5.74) is 2.58. The summed E-state index contributed by atoms with van der Waals surface area (Å²) in [6, 6.07) is 12.3. The van der Waals surface area contributed by atoms with Crippen LogP contribution in [0, 0.1) is 12.8 Å². The van der Waals surface area contributed by atoms with Gasteiger partial charge in [-0.2, -0.15) is 0 Å². The van der Waals surface area contributed by atoms with Crippen molar-refractivity contribution in [3.05, 3.63) is 59.5 Å². The number of piperazine rings is 1. The highest BCUT2D eigenvalue weighted by molar-refractivity contribution is 5.89. The minimum atomic E-state index is -0.230. The van der Waals surface area contributed by atoms with Crippen molar-refractivity contribution in [2.45, 2.75) is 26.4 Å². The Morgan fingerprint density at radius 3 is 2.50 bits per heavy atom. The van der Waals surface area contributed by atoms with Crippen LogP contribution in [0.1, 0.15) is 23.3 Å². The number of aryl methyl sites for hydroxylation is 1. The van der Waals surface area contributed by atoms with E-state index in [1.807, 2.05) is 17.0 Å². The molecule has 28 heavy (non-hydrogen) atoms. The highest BCUT2D eigenvalue weighted by Gasteiger charge is 2.37. The van der Waals surface area contributed by atoms with E-state index >= 15 is 0 Å². The minimum Gasteiger partial charge on any atom is -0.467 e. The van der Waals surface area contributed by atoms with Gasteiger partial charge < -0.3 is 14.2 Å². The zero-order valence-electron chi connectivity index (χ0n) is 16.3. The van der Waals surface area contributed by atoms with Crippen molar-refractivity contribution in [3.63, 3.8) is 0 Å². The summed E-state index contributed by atoms with van der Waals surface area (Å²) in [5, 5.41) is 0. The molecular formula is C22H27N3O3. The molecule has 0 spiro atoms. The Kier molecular flexibility index (Phi) is 5.48. The second-order valence-corrected chi connectivity index (χ2v) is 7.84. The van der Waals surface area contributed by atoms with Gasteiger partial charge in [-0.05, 0) is 24.6 Å². The Hall–Kier alpha value is -2.60. The van der Waals surface area contributed by atoms with E-state index in [9.17, 15) is 9.59 Å². The Morgan fingerprint density at radius 2 is 1.82 bits per heavy atom. The quantitative estimate of drug-likeness (QED) is 0.797. The second-order valence-electron chi connectivity index (χ2n) is 7.84. The maximum Gasteiger partial charge on any atom is 0.228 e. The average molecular weight is 381 g/mol. The van der Waals surface area contributed by atoms with Gasteiger partial charge in [0.1, 0.15) is 5.76 Å². The molecule has 0 aliphatic carbocycles. The molecule has 0 N–H and O–H groups in total. The van der Waals surface area contributed by atoms with Crippen molar-refractivity contribution < 1.29 is 14.0 Å². The summed E-state index contributed by atoms with van der Waals surface area (Å²) in [6.07, 6.45) is 1.91. The van der Waals surface area contributed by atoms with Crippen molar-refractivity contribution in [2.24, 2.45) is 5.92 Å². The van der Waals surface area contributed by atoms with Crippen LogP contribution < -0.4 is 0 Å². The number of carbonyl (C=O) groups is 2. The van der Waals surface area contributed by atoms with E-state index in [1.165, 1.54) is 11.1 Å². The predicted octanol–water partition coefficient (Wildman–Crippen LogP) is 2.28. The monoisotopic (exact) mass is 381 g/mol. The fourth-order valence-electron chi connectivity index (χ4n) is 4.02. The summed E-state index contributed by atoms with van der Waals surface area (Å²) >= 11 is 0. The van der Waals surface area contributed by atoms with Gasteiger partial charge in [0.05, 0.1) is 18.7 Å². The fourth-order valence-corrected chi connectivity index (χ4v) is 4.02. The van der Waals surface area contributed by atoms with E-state index in [-0.39, 0.29) is 17.7 Å². The lowest BCUT2D eigenvalue weighted by Gasteiger charge is -2.36. The number of furan rings is 1. The molecule has 1 aromatic heterocycles. The van der Waals surface area contributed by atoms with Gasteiger partial charge >= 0.3 is 0 Å². The molecular weight excluding hydrogens is 354 g/mol. The molecule has 0 saturated carbocycles. The first-order chi connectivity index (χ1) is 13.6. The molecule has 2 saturated heterocycles. The van der Waals surface area contributed by atoms with Crippen molar-refractivity contribution in [1.82, 2.24) is 14.7 Å². The van der Waals surface area contributed by atoms with Crippen molar-refractivity contribution in [1.29, 1.82) is 0 Å². The molecule has 1 atom stereocenters. The van der Waals surface area contributed by atoms with Crippen LogP contribution in [0.25, 0.3) is 0 Å². The van der Waals surface area contributed by atoms with Crippen LogP contribution in [-0.2, 0) is 22.7 Å². The lowest BCUT2D eigenvalue weighted by atomic mass is 10.1. The predicted molar refractivity (Wildman–Crippen MR) is 105 cm³/mol. The van der Waals surface area contributed by atoms with Crippen molar-refractivity contribution in [2.75, 3.05) is 32.7 Å². The smallest absolute Gasteiger partial charge is 0.228 e. The molecule has 2 aliphatic heterocycles. The average Bonchev–Trinajstić information content (AvgIpc) is 3.34. The summed E-state index contributed by atoms with van der Waals surface area (Å²) in [6.45, 7) is 7.15. The highest BCUT2D eigenvalue weighted by atomic mass is 16.3. The molecule has 2 fully saturated rings. The lowest BCUT2D eigenvalue weighted by molar-refractivity contribution is -0.137. The van der Waals surface area contributed by atoms with E-state index in [2.05, 4.69) is 36.1 Å². The molecule has 1 aromatic carbocycles. The van der Waals surface area contributed by atoms with Crippen LogP contribution in [0.2, 0.25) is 0 Å². The first-order valence-corrected chi connectivity index (χ1v) is 9.95. The number of benzene rings is 1. The molecule has 148 valence electrons. The topological polar surface area (TPSA) is 57.0 Å². The maximum atomic E-state index is 12.9. The Morgan fingerprint density at radius 1 is 1.07 bits per heavy atom. The molecule has 3 heterocycles. The molecule has 0 bridgehead atoms. The van der Waals surface area contributed by atoms with E-state index in [1.54, 1.807) is 11.2 Å². The normalized spacial score (nSPS) is 20.8. The summed E-state index contributed by atoms with van der Waals surface area (Å²) < 4.78 is 5.33. The van der Waals surface area contributed by atoms with Crippen LogP contribution >= 0.6 is 0 Å². The molecule has 2 aliphatic rings. The number of amides is 2. The van der Waals surface area contributed by atoms with Crippen molar-refractivity contribution in [3.8, 4) is 0 Å². The molecule has 6 nitrogen and oxygen atoms in total. The van der Waals surface area contributed by atoms with Crippen LogP contribution in [0.4, 0.5) is 0 Å². The van der Waals surface area contributed by atoms with Gasteiger partial charge in [-0.25, -0.2) is 0 Å². The summed E-state index contributed by atoms with van der Waals surface area (Å²) in [5.74, 6) is 0.676. The van der Waals surface area contributed by atoms with E-state index < -0.39 is 0 Å². The largest absolute Gasteiger partial charge is 0.467 e. The minimum absolute atomic E-state index is 0.0350. The van der Waals surface area contributed by atoms with E-state index in [4.69, 9.17) is 4.42 Å². The molecule has 2 amide bonds. The number of hydrogen-bond acceptors (Lipinski definition) is 4. The number of likely N-dealkylation sites (tertiary alicyclic amines) is 1. The molecule has 1 unspecified atom stereocenters. The fraction of sp³-hybridized carbons (Fsp3) is 0.455. The summed E-state index contributed by atoms with van der Waals surface area (Å²) in [7, 11) is 0. The lowest BCUT2D eigenvalue weighted by Crippen LogP contribution is -2.50. The first-order valence-electron chi connectivity index (χ1n) is 9.95. The Labute approximate surface area is 165 Å². The SMILES string of the molecule is Cc1ccc(CN2CCN(C(=O)C3CC(=O)N(Cc4ccco4)C3)CC2)cc1.